The van der Waals surface area contributed by atoms with E-state index in [4.69, 9.17) is 5.11 Å². The average molecular weight is 253 g/mol. The third-order valence-corrected chi connectivity index (χ3v) is 2.37. The topological polar surface area (TPSA) is 96.6 Å². The number of nitrogens with one attached hydrogen (secondary N) is 1. The molecule has 0 aliphatic heterocycles. The van der Waals surface area contributed by atoms with Crippen molar-refractivity contribution in [2.24, 2.45) is 0 Å². The largest absolute Gasteiger partial charge is 0.481 e. The maximum absolute atomic E-state index is 11.7. The van der Waals surface area contributed by atoms with Crippen LogP contribution in [-0.4, -0.2) is 23.0 Å². The van der Waals surface area contributed by atoms with Gasteiger partial charge in [-0.3, -0.25) is 9.59 Å². The molecule has 0 saturated carbocycles. The van der Waals surface area contributed by atoms with Crippen molar-refractivity contribution in [3.05, 3.63) is 34.4 Å². The maximum Gasteiger partial charge on any atom is 0.335 e. The first-order valence-corrected chi connectivity index (χ1v) is 5.60. The van der Waals surface area contributed by atoms with Gasteiger partial charge in [0.1, 0.15) is 6.26 Å². The zero-order chi connectivity index (χ0) is 13.5. The van der Waals surface area contributed by atoms with Crippen LogP contribution in [0, 0.1) is 0 Å². The Morgan fingerprint density at radius 2 is 2.17 bits per heavy atom. The average Bonchev–Trinajstić information content (AvgIpc) is 2.29. The molecule has 1 aromatic heterocycles. The predicted molar refractivity (Wildman–Crippen MR) is 63.4 cm³/mol. The second-order valence-corrected chi connectivity index (χ2v) is 4.00. The lowest BCUT2D eigenvalue weighted by atomic mass is 10.1. The van der Waals surface area contributed by atoms with E-state index in [1.54, 1.807) is 6.92 Å². The lowest BCUT2D eigenvalue weighted by molar-refractivity contribution is -0.137. The Hall–Kier alpha value is -2.11. The van der Waals surface area contributed by atoms with E-state index in [0.29, 0.717) is 12.8 Å². The molecule has 1 atom stereocenters. The van der Waals surface area contributed by atoms with Gasteiger partial charge in [-0.05, 0) is 25.8 Å². The van der Waals surface area contributed by atoms with E-state index in [-0.39, 0.29) is 23.9 Å². The van der Waals surface area contributed by atoms with Crippen molar-refractivity contribution in [3.8, 4) is 0 Å². The van der Waals surface area contributed by atoms with Crippen LogP contribution in [0.15, 0.2) is 27.6 Å². The summed E-state index contributed by atoms with van der Waals surface area (Å²) in [4.78, 5) is 32.7. The molecule has 2 N–H and O–H groups in total. The monoisotopic (exact) mass is 253 g/mol. The van der Waals surface area contributed by atoms with Crippen LogP contribution < -0.4 is 10.9 Å². The standard InChI is InChI=1S/C12H15NO5/c1-8(3-2-4-10(14)15)13-12(17)9-5-6-11(16)18-7-9/h5-8H,2-4H2,1H3,(H,13,17)(H,14,15). The molecule has 0 aliphatic rings. The first-order valence-electron chi connectivity index (χ1n) is 5.60. The number of hydrogen-bond acceptors (Lipinski definition) is 4. The minimum Gasteiger partial charge on any atom is -0.481 e. The lowest BCUT2D eigenvalue weighted by Gasteiger charge is -2.12. The van der Waals surface area contributed by atoms with E-state index in [1.165, 1.54) is 12.1 Å². The van der Waals surface area contributed by atoms with Gasteiger partial charge in [-0.1, -0.05) is 0 Å². The molecule has 1 heterocycles. The third-order valence-electron chi connectivity index (χ3n) is 2.37. The molecule has 6 nitrogen and oxygen atoms in total. The Morgan fingerprint density at radius 1 is 1.44 bits per heavy atom. The number of hydrogen-bond donors (Lipinski definition) is 2. The highest BCUT2D eigenvalue weighted by atomic mass is 16.4. The fourth-order valence-corrected chi connectivity index (χ4v) is 1.43. The maximum atomic E-state index is 11.7. The number of carbonyl (C=O) groups is 2. The van der Waals surface area contributed by atoms with Gasteiger partial charge in [0, 0.05) is 18.5 Å². The van der Waals surface area contributed by atoms with Gasteiger partial charge in [-0.15, -0.1) is 0 Å². The number of carboxylic acids is 1. The summed E-state index contributed by atoms with van der Waals surface area (Å²) in [5.41, 5.74) is -0.249. The predicted octanol–water partition coefficient (Wildman–Crippen LogP) is 1.01. The van der Waals surface area contributed by atoms with E-state index in [2.05, 4.69) is 9.73 Å². The summed E-state index contributed by atoms with van der Waals surface area (Å²) >= 11 is 0. The molecule has 0 saturated heterocycles. The summed E-state index contributed by atoms with van der Waals surface area (Å²) in [5, 5.41) is 11.2. The highest BCUT2D eigenvalue weighted by molar-refractivity contribution is 5.93. The van der Waals surface area contributed by atoms with Crippen molar-refractivity contribution in [3.63, 3.8) is 0 Å². The van der Waals surface area contributed by atoms with Gasteiger partial charge in [0.2, 0.25) is 0 Å². The highest BCUT2D eigenvalue weighted by Gasteiger charge is 2.10. The van der Waals surface area contributed by atoms with Crippen molar-refractivity contribution in [1.82, 2.24) is 5.32 Å². The molecule has 0 aromatic carbocycles. The highest BCUT2D eigenvalue weighted by Crippen LogP contribution is 2.02. The van der Waals surface area contributed by atoms with E-state index < -0.39 is 11.6 Å². The Labute approximate surface area is 104 Å². The lowest BCUT2D eigenvalue weighted by Crippen LogP contribution is -2.32. The second-order valence-electron chi connectivity index (χ2n) is 4.00. The Kier molecular flexibility index (Phi) is 5.10. The second kappa shape index (κ2) is 6.58. The number of carboxylic acid groups (broad SMARTS) is 1. The van der Waals surface area contributed by atoms with Crippen LogP contribution in [0.2, 0.25) is 0 Å². The molecule has 1 unspecified atom stereocenters. The van der Waals surface area contributed by atoms with Crippen LogP contribution in [0.4, 0.5) is 0 Å². The third kappa shape index (κ3) is 4.82. The Balaban J connectivity index is 2.42. The Morgan fingerprint density at radius 3 is 2.72 bits per heavy atom. The normalized spacial score (nSPS) is 11.8. The molecule has 1 amide bonds. The molecule has 0 fully saturated rings. The first-order chi connectivity index (χ1) is 8.49. The van der Waals surface area contributed by atoms with E-state index >= 15 is 0 Å². The number of aliphatic carboxylic acids is 1. The number of carbonyl (C=O) groups excluding carboxylic acids is 1. The molecule has 0 spiro atoms. The van der Waals surface area contributed by atoms with Gasteiger partial charge in [-0.2, -0.15) is 0 Å². The fraction of sp³-hybridized carbons (Fsp3) is 0.417. The molecule has 6 heteroatoms. The molecule has 18 heavy (non-hydrogen) atoms. The molecular formula is C12H15NO5. The van der Waals surface area contributed by atoms with E-state index in [1.807, 2.05) is 0 Å². The Bertz CT molecular complexity index is 459. The van der Waals surface area contributed by atoms with Crippen LogP contribution in [0.25, 0.3) is 0 Å². The summed E-state index contributed by atoms with van der Waals surface area (Å²) in [6.45, 7) is 1.79. The first kappa shape index (κ1) is 14.0. The van der Waals surface area contributed by atoms with Gasteiger partial charge in [-0.25, -0.2) is 4.79 Å². The molecule has 0 aliphatic carbocycles. The van der Waals surface area contributed by atoms with Gasteiger partial charge in [0.25, 0.3) is 5.91 Å². The van der Waals surface area contributed by atoms with E-state index in [0.717, 1.165) is 6.26 Å². The summed E-state index contributed by atoms with van der Waals surface area (Å²) in [7, 11) is 0. The minimum atomic E-state index is -0.849. The van der Waals surface area contributed by atoms with E-state index in [9.17, 15) is 14.4 Å². The molecule has 1 rings (SSSR count). The molecule has 98 valence electrons. The smallest absolute Gasteiger partial charge is 0.335 e. The molecule has 1 aromatic rings. The van der Waals surface area contributed by atoms with Crippen molar-refractivity contribution in [2.45, 2.75) is 32.2 Å². The van der Waals surface area contributed by atoms with Gasteiger partial charge < -0.3 is 14.8 Å². The summed E-state index contributed by atoms with van der Waals surface area (Å²) in [5.74, 6) is -1.19. The van der Waals surface area contributed by atoms with Crippen molar-refractivity contribution < 1.29 is 19.1 Å². The SMILES string of the molecule is CC(CCCC(=O)O)NC(=O)c1ccc(=O)oc1. The van der Waals surface area contributed by atoms with Crippen LogP contribution in [0.3, 0.4) is 0 Å². The number of amides is 1. The summed E-state index contributed by atoms with van der Waals surface area (Å²) < 4.78 is 4.58. The molecule has 0 bridgehead atoms. The quantitative estimate of drug-likeness (QED) is 0.788. The summed E-state index contributed by atoms with van der Waals surface area (Å²) in [6, 6.07) is 2.42. The van der Waals surface area contributed by atoms with Crippen LogP contribution >= 0.6 is 0 Å². The van der Waals surface area contributed by atoms with Crippen molar-refractivity contribution in [2.75, 3.05) is 0 Å². The number of rotatable bonds is 6. The van der Waals surface area contributed by atoms with Gasteiger partial charge in [0.15, 0.2) is 0 Å². The van der Waals surface area contributed by atoms with Crippen LogP contribution in [0.1, 0.15) is 36.5 Å². The van der Waals surface area contributed by atoms with Gasteiger partial charge >= 0.3 is 11.6 Å². The van der Waals surface area contributed by atoms with Crippen molar-refractivity contribution in [1.29, 1.82) is 0 Å². The summed E-state index contributed by atoms with van der Waals surface area (Å²) in [6.07, 6.45) is 2.26. The molecule has 0 radical (unpaired) electrons. The zero-order valence-corrected chi connectivity index (χ0v) is 10.0. The van der Waals surface area contributed by atoms with Crippen LogP contribution in [0.5, 0.6) is 0 Å². The van der Waals surface area contributed by atoms with Crippen molar-refractivity contribution >= 4 is 11.9 Å². The van der Waals surface area contributed by atoms with Crippen LogP contribution in [-0.2, 0) is 4.79 Å². The zero-order valence-electron chi connectivity index (χ0n) is 10.0. The fourth-order valence-electron chi connectivity index (χ4n) is 1.43. The van der Waals surface area contributed by atoms with Gasteiger partial charge in [0.05, 0.1) is 5.56 Å². The molecular weight excluding hydrogens is 238 g/mol. The minimum absolute atomic E-state index is 0.0838.